The van der Waals surface area contributed by atoms with E-state index in [2.05, 4.69) is 73.1 Å². The van der Waals surface area contributed by atoms with Gasteiger partial charge in [-0.2, -0.15) is 0 Å². The summed E-state index contributed by atoms with van der Waals surface area (Å²) in [6.45, 7) is 2.63. The molecule has 1 rings (SSSR count). The van der Waals surface area contributed by atoms with E-state index in [1.807, 2.05) is 18.2 Å². The molecule has 4 N–H and O–H groups in total. The Hall–Kier alpha value is -3.12. The van der Waals surface area contributed by atoms with Crippen molar-refractivity contribution in [2.75, 3.05) is 19.8 Å². The topological polar surface area (TPSA) is 184 Å². The van der Waals surface area contributed by atoms with E-state index in [4.69, 9.17) is 29.6 Å². The number of carbonyl (C=O) groups excluding carboxylic acids is 2. The lowest BCUT2D eigenvalue weighted by Crippen LogP contribution is -2.34. The number of hydrogen-bond donors (Lipinski definition) is 3. The highest BCUT2D eigenvalue weighted by molar-refractivity contribution is 7.47. The predicted molar refractivity (Wildman–Crippen MR) is 235 cm³/mol. The maximum absolute atomic E-state index is 12.6. The largest absolute Gasteiger partial charge is 0.480 e. The first-order valence-electron chi connectivity index (χ1n) is 22.1. The van der Waals surface area contributed by atoms with Crippen molar-refractivity contribution in [3.8, 4) is 0 Å². The quantitative estimate of drug-likeness (QED) is 0.0175. The highest BCUT2D eigenvalue weighted by Gasteiger charge is 2.36. The zero-order valence-electron chi connectivity index (χ0n) is 36.0. The molecule has 0 amide bonds. The van der Waals surface area contributed by atoms with Gasteiger partial charge in [-0.25, -0.2) is 4.57 Å². The van der Waals surface area contributed by atoms with E-state index >= 15 is 0 Å². The number of unbranched alkanes of at least 4 members (excludes halogenated alkanes) is 11. The molecule has 0 bridgehead atoms. The lowest BCUT2D eigenvalue weighted by atomic mass is 10.1. The molecule has 0 saturated carbocycles. The maximum Gasteiger partial charge on any atom is 0.472 e. The van der Waals surface area contributed by atoms with Crippen molar-refractivity contribution < 1.29 is 52.2 Å². The number of carboxylic acid groups (broad SMARTS) is 1. The second-order valence-corrected chi connectivity index (χ2v) is 16.3. The molecule has 1 aliphatic heterocycles. The van der Waals surface area contributed by atoms with Gasteiger partial charge in [-0.1, -0.05) is 132 Å². The van der Waals surface area contributed by atoms with Gasteiger partial charge >= 0.3 is 25.7 Å². The van der Waals surface area contributed by atoms with Crippen LogP contribution in [0.3, 0.4) is 0 Å². The molecular weight excluding hydrogens is 773 g/mol. The first-order valence-corrected chi connectivity index (χ1v) is 23.6. The molecule has 1 fully saturated rings. The summed E-state index contributed by atoms with van der Waals surface area (Å²) in [4.78, 5) is 46.0. The number of phosphoric acid groups is 1. The summed E-state index contributed by atoms with van der Waals surface area (Å²) in [5.41, 5.74) is 5.33. The normalized spacial score (nSPS) is 17.8. The Bertz CT molecular complexity index is 1340. The molecule has 1 saturated heterocycles. The Balaban J connectivity index is 2.37. The van der Waals surface area contributed by atoms with Gasteiger partial charge < -0.3 is 29.9 Å². The zero-order valence-corrected chi connectivity index (χ0v) is 36.9. The number of aliphatic carboxylic acids is 1. The Labute approximate surface area is 355 Å². The van der Waals surface area contributed by atoms with Gasteiger partial charge in [-0.3, -0.25) is 23.4 Å². The number of allylic oxidation sites excluding steroid dienone is 10. The average Bonchev–Trinajstić information content (AvgIpc) is 3.97. The minimum Gasteiger partial charge on any atom is -0.480 e. The molecule has 1 heterocycles. The van der Waals surface area contributed by atoms with E-state index in [0.29, 0.717) is 37.9 Å². The highest BCUT2D eigenvalue weighted by Crippen LogP contribution is 2.43. The van der Waals surface area contributed by atoms with E-state index in [0.717, 1.165) is 44.9 Å². The molecule has 0 aromatic rings. The molecular formula is C46H76NO11P. The van der Waals surface area contributed by atoms with Crippen LogP contribution in [0.5, 0.6) is 0 Å². The molecule has 5 atom stereocenters. The zero-order chi connectivity index (χ0) is 43.2. The van der Waals surface area contributed by atoms with Gasteiger partial charge in [0.2, 0.25) is 0 Å². The van der Waals surface area contributed by atoms with Crippen molar-refractivity contribution in [1.82, 2.24) is 0 Å². The number of nitrogens with two attached hydrogens (primary N) is 1. The first kappa shape index (κ1) is 53.9. The summed E-state index contributed by atoms with van der Waals surface area (Å²) in [5.74, 6) is -2.53. The van der Waals surface area contributed by atoms with Gasteiger partial charge in [-0.05, 0) is 83.5 Å². The van der Waals surface area contributed by atoms with Gasteiger partial charge in [0.15, 0.2) is 6.10 Å². The predicted octanol–water partition coefficient (Wildman–Crippen LogP) is 10.7. The number of carbonyl (C=O) groups is 3. The van der Waals surface area contributed by atoms with Crippen molar-refractivity contribution >= 4 is 25.7 Å². The summed E-state index contributed by atoms with van der Waals surface area (Å²) in [6.07, 6.45) is 45.8. The van der Waals surface area contributed by atoms with Crippen molar-refractivity contribution in [2.45, 2.75) is 179 Å². The molecule has 0 radical (unpaired) electrons. The minimum atomic E-state index is -4.75. The summed E-state index contributed by atoms with van der Waals surface area (Å²) >= 11 is 0. The van der Waals surface area contributed by atoms with Crippen LogP contribution < -0.4 is 5.73 Å². The van der Waals surface area contributed by atoms with Crippen molar-refractivity contribution in [3.63, 3.8) is 0 Å². The number of ether oxygens (including phenoxy) is 3. The minimum absolute atomic E-state index is 0.0658. The third-order valence-corrected chi connectivity index (χ3v) is 10.3. The van der Waals surface area contributed by atoms with Crippen LogP contribution >= 0.6 is 7.82 Å². The summed E-state index contributed by atoms with van der Waals surface area (Å²) in [7, 11) is -4.75. The first-order chi connectivity index (χ1) is 28.6. The third-order valence-electron chi connectivity index (χ3n) is 9.33. The Morgan fingerprint density at radius 1 is 0.610 bits per heavy atom. The van der Waals surface area contributed by atoms with Crippen LogP contribution in [0, 0.1) is 0 Å². The Morgan fingerprint density at radius 3 is 1.64 bits per heavy atom. The van der Waals surface area contributed by atoms with E-state index in [-0.39, 0.29) is 12.8 Å². The monoisotopic (exact) mass is 850 g/mol. The molecule has 0 aliphatic carbocycles. The fourth-order valence-corrected chi connectivity index (χ4v) is 6.48. The van der Waals surface area contributed by atoms with E-state index in [1.54, 1.807) is 0 Å². The lowest BCUT2D eigenvalue weighted by molar-refractivity contribution is -0.161. The smallest absolute Gasteiger partial charge is 0.472 e. The van der Waals surface area contributed by atoms with Gasteiger partial charge in [0.25, 0.3) is 0 Å². The van der Waals surface area contributed by atoms with Crippen LogP contribution in [0.2, 0.25) is 0 Å². The van der Waals surface area contributed by atoms with E-state index in [9.17, 15) is 23.8 Å². The molecule has 12 nitrogen and oxygen atoms in total. The Kier molecular flexibility index (Phi) is 33.5. The van der Waals surface area contributed by atoms with Gasteiger partial charge in [0.05, 0.1) is 25.4 Å². The number of carboxylic acids is 1. The van der Waals surface area contributed by atoms with E-state index in [1.165, 1.54) is 57.8 Å². The standard InChI is InChI=1S/C46H76NO11P/c1-3-5-7-9-11-12-13-14-15-16-17-18-19-20-23-27-31-35-44(48)54-37-40(38-55-59(52,53)56-39-41(47)46(50)51)57-45(49)36-32-28-24-21-22-26-30-34-43-42(58-43)33-29-25-10-8-6-4-2/h14-15,17-18,20-21,23-26,29-30,40-43H,3-13,16,19,22,27-28,31-39,47H2,1-2H3,(H,50,51)(H,52,53)/b15-14-,18-17-,23-20-,24-21-,29-25-,30-26-/t40-,41+,42?,43?/m1/s1. The molecule has 0 aromatic carbocycles. The fourth-order valence-electron chi connectivity index (χ4n) is 5.70. The molecule has 0 aromatic heterocycles. The van der Waals surface area contributed by atoms with Crippen molar-refractivity contribution in [2.24, 2.45) is 5.73 Å². The van der Waals surface area contributed by atoms with E-state index < -0.39 is 57.7 Å². The molecule has 13 heteroatoms. The van der Waals surface area contributed by atoms with Gasteiger partial charge in [-0.15, -0.1) is 0 Å². The fraction of sp³-hybridized carbons (Fsp3) is 0.674. The number of rotatable bonds is 39. The van der Waals surface area contributed by atoms with Crippen LogP contribution in [0.25, 0.3) is 0 Å². The second-order valence-electron chi connectivity index (χ2n) is 14.9. The highest BCUT2D eigenvalue weighted by atomic mass is 31.2. The number of phosphoric ester groups is 1. The lowest BCUT2D eigenvalue weighted by Gasteiger charge is -2.20. The number of hydrogen-bond acceptors (Lipinski definition) is 10. The van der Waals surface area contributed by atoms with Gasteiger partial charge in [0.1, 0.15) is 12.6 Å². The van der Waals surface area contributed by atoms with Crippen LogP contribution in [0.15, 0.2) is 72.9 Å². The second kappa shape index (κ2) is 36.7. The van der Waals surface area contributed by atoms with Crippen LogP contribution in [0.1, 0.15) is 155 Å². The molecule has 336 valence electrons. The molecule has 59 heavy (non-hydrogen) atoms. The van der Waals surface area contributed by atoms with Crippen LogP contribution in [0.4, 0.5) is 0 Å². The average molecular weight is 850 g/mol. The van der Waals surface area contributed by atoms with Crippen molar-refractivity contribution in [3.05, 3.63) is 72.9 Å². The Morgan fingerprint density at radius 2 is 1.05 bits per heavy atom. The number of esters is 2. The third kappa shape index (κ3) is 34.3. The summed E-state index contributed by atoms with van der Waals surface area (Å²) in [5, 5.41) is 8.89. The molecule has 1 aliphatic rings. The SMILES string of the molecule is CCCCC/C=C\CC1OC1C/C=C\C/C=C\CCCC(=O)O[C@H](COC(=O)CCC/C=C\C/C=C\C/C=C\CCCCCCCC)COP(=O)(O)OC[C@H](N)C(=O)O. The maximum atomic E-state index is 12.6. The van der Waals surface area contributed by atoms with Gasteiger partial charge in [0, 0.05) is 12.8 Å². The van der Waals surface area contributed by atoms with Crippen LogP contribution in [-0.4, -0.2) is 72.1 Å². The summed E-state index contributed by atoms with van der Waals surface area (Å²) < 4.78 is 38.3. The van der Waals surface area contributed by atoms with Crippen molar-refractivity contribution in [1.29, 1.82) is 0 Å². The summed E-state index contributed by atoms with van der Waals surface area (Å²) in [6, 6.07) is -1.54. The molecule has 3 unspecified atom stereocenters. The molecule has 0 spiro atoms. The van der Waals surface area contributed by atoms with Crippen LogP contribution in [-0.2, 0) is 42.2 Å². The number of epoxide rings is 1.